The lowest BCUT2D eigenvalue weighted by molar-refractivity contribution is -0.119. The van der Waals surface area contributed by atoms with E-state index in [9.17, 15) is 9.90 Å². The van der Waals surface area contributed by atoms with Gasteiger partial charge in [0, 0.05) is 12.2 Å². The summed E-state index contributed by atoms with van der Waals surface area (Å²) in [5, 5.41) is 18.6. The largest absolute Gasteiger partial charge is 0.389 e. The number of hydrogen-bond acceptors (Lipinski definition) is 4. The lowest BCUT2D eigenvalue weighted by Gasteiger charge is -2.27. The second kappa shape index (κ2) is 7.04. The van der Waals surface area contributed by atoms with E-state index in [0.29, 0.717) is 12.2 Å². The molecule has 1 aromatic carbocycles. The smallest absolute Gasteiger partial charge is 0.242 e. The molecule has 0 aliphatic rings. The molecule has 0 aliphatic carbocycles. The van der Waals surface area contributed by atoms with Gasteiger partial charge < -0.3 is 5.11 Å². The average Bonchev–Trinajstić information content (AvgIpc) is 2.34. The van der Waals surface area contributed by atoms with Gasteiger partial charge in [-0.15, -0.1) is 0 Å². The molecule has 0 bridgehead atoms. The molecule has 1 N–H and O–H groups in total. The normalized spacial score (nSPS) is 11.2. The molecule has 0 spiro atoms. The number of rotatable bonds is 6. The van der Waals surface area contributed by atoms with Crippen LogP contribution >= 0.6 is 0 Å². The van der Waals surface area contributed by atoms with Crippen LogP contribution in [0.1, 0.15) is 13.8 Å². The van der Waals surface area contributed by atoms with E-state index >= 15 is 0 Å². The molecule has 0 saturated heterocycles. The number of nitriles is 1. The SMILES string of the molecule is CN(CC(=O)N(CC#N)c1ccccc1)CC(C)(C)O. The summed E-state index contributed by atoms with van der Waals surface area (Å²) in [7, 11) is 1.77. The molecule has 0 heterocycles. The maximum Gasteiger partial charge on any atom is 0.242 e. The van der Waals surface area contributed by atoms with Crippen molar-refractivity contribution in [2.45, 2.75) is 19.4 Å². The standard InChI is InChI=1S/C15H21N3O2/c1-15(2,20)12-17(3)11-14(19)18(10-9-16)13-7-5-4-6-8-13/h4-8,20H,10-12H2,1-3H3. The van der Waals surface area contributed by atoms with Gasteiger partial charge in [-0.1, -0.05) is 18.2 Å². The highest BCUT2D eigenvalue weighted by molar-refractivity contribution is 5.95. The topological polar surface area (TPSA) is 67.6 Å². The molecule has 1 aromatic rings. The molecule has 5 heteroatoms. The van der Waals surface area contributed by atoms with Crippen molar-refractivity contribution in [3.8, 4) is 6.07 Å². The van der Waals surface area contributed by atoms with Crippen LogP contribution in [0.15, 0.2) is 30.3 Å². The molecule has 0 atom stereocenters. The summed E-state index contributed by atoms with van der Waals surface area (Å²) in [6.45, 7) is 3.93. The van der Waals surface area contributed by atoms with Crippen LogP contribution in [0.25, 0.3) is 0 Å². The molecule has 0 radical (unpaired) electrons. The zero-order valence-corrected chi connectivity index (χ0v) is 12.2. The number of carbonyl (C=O) groups excluding carboxylic acids is 1. The molecule has 1 rings (SSSR count). The molecule has 0 aliphatic heterocycles. The predicted molar refractivity (Wildman–Crippen MR) is 78.2 cm³/mol. The van der Waals surface area contributed by atoms with Crippen molar-refractivity contribution in [3.05, 3.63) is 30.3 Å². The Morgan fingerprint density at radius 2 is 1.95 bits per heavy atom. The second-order valence-electron chi connectivity index (χ2n) is 5.46. The number of aliphatic hydroxyl groups is 1. The first kappa shape index (κ1) is 16.2. The van der Waals surface area contributed by atoms with E-state index in [1.165, 1.54) is 4.90 Å². The quantitative estimate of drug-likeness (QED) is 0.793. The maximum absolute atomic E-state index is 12.3. The van der Waals surface area contributed by atoms with Crippen LogP contribution < -0.4 is 4.90 Å². The molecular weight excluding hydrogens is 254 g/mol. The van der Waals surface area contributed by atoms with Crippen LogP contribution in [0.3, 0.4) is 0 Å². The predicted octanol–water partition coefficient (Wildman–Crippen LogP) is 1.25. The number of anilines is 1. The third-order valence-corrected chi connectivity index (χ3v) is 2.66. The van der Waals surface area contributed by atoms with Gasteiger partial charge in [0.1, 0.15) is 6.54 Å². The van der Waals surface area contributed by atoms with Gasteiger partial charge in [0.2, 0.25) is 5.91 Å². The van der Waals surface area contributed by atoms with E-state index in [2.05, 4.69) is 0 Å². The first-order chi connectivity index (χ1) is 9.33. The fourth-order valence-electron chi connectivity index (χ4n) is 2.03. The van der Waals surface area contributed by atoms with Crippen molar-refractivity contribution >= 4 is 11.6 Å². The third-order valence-electron chi connectivity index (χ3n) is 2.66. The van der Waals surface area contributed by atoms with Crippen LogP contribution in [-0.4, -0.2) is 48.2 Å². The zero-order valence-electron chi connectivity index (χ0n) is 12.2. The Morgan fingerprint density at radius 3 is 2.45 bits per heavy atom. The summed E-state index contributed by atoms with van der Waals surface area (Å²) in [6.07, 6.45) is 0. The van der Waals surface area contributed by atoms with E-state index in [4.69, 9.17) is 5.26 Å². The fraction of sp³-hybridized carbons (Fsp3) is 0.467. The molecule has 0 fully saturated rings. The number of amides is 1. The van der Waals surface area contributed by atoms with Gasteiger partial charge in [-0.25, -0.2) is 0 Å². The van der Waals surface area contributed by atoms with Crippen LogP contribution in [0, 0.1) is 11.3 Å². The number of likely N-dealkylation sites (N-methyl/N-ethyl adjacent to an activating group) is 1. The minimum Gasteiger partial charge on any atom is -0.389 e. The van der Waals surface area contributed by atoms with Crippen LogP contribution in [0.5, 0.6) is 0 Å². The minimum absolute atomic E-state index is 0.0131. The Labute approximate surface area is 120 Å². The van der Waals surface area contributed by atoms with Crippen LogP contribution in [-0.2, 0) is 4.79 Å². The fourth-order valence-corrected chi connectivity index (χ4v) is 2.03. The van der Waals surface area contributed by atoms with Crippen molar-refractivity contribution in [1.82, 2.24) is 4.90 Å². The van der Waals surface area contributed by atoms with Crippen molar-refractivity contribution in [2.75, 3.05) is 31.6 Å². The number of benzene rings is 1. The summed E-state index contributed by atoms with van der Waals surface area (Å²) in [6, 6.07) is 11.1. The van der Waals surface area contributed by atoms with Crippen molar-refractivity contribution < 1.29 is 9.90 Å². The minimum atomic E-state index is -0.859. The number of para-hydroxylation sites is 1. The molecule has 5 nitrogen and oxygen atoms in total. The monoisotopic (exact) mass is 275 g/mol. The van der Waals surface area contributed by atoms with Crippen LogP contribution in [0.2, 0.25) is 0 Å². The Hall–Kier alpha value is -1.90. The summed E-state index contributed by atoms with van der Waals surface area (Å²) >= 11 is 0. The third kappa shape index (κ3) is 5.39. The molecule has 0 aromatic heterocycles. The van der Waals surface area contributed by atoms with Gasteiger partial charge in [0.15, 0.2) is 0 Å². The molecule has 0 saturated carbocycles. The van der Waals surface area contributed by atoms with E-state index < -0.39 is 5.60 Å². The Kier molecular flexibility index (Phi) is 5.68. The van der Waals surface area contributed by atoms with Gasteiger partial charge in [-0.2, -0.15) is 5.26 Å². The van der Waals surface area contributed by atoms with Gasteiger partial charge in [0.25, 0.3) is 0 Å². The first-order valence-corrected chi connectivity index (χ1v) is 6.47. The summed E-state index contributed by atoms with van der Waals surface area (Å²) in [5.74, 6) is -0.162. The van der Waals surface area contributed by atoms with Gasteiger partial charge in [0.05, 0.1) is 18.2 Å². The number of nitrogens with zero attached hydrogens (tertiary/aromatic N) is 3. The lowest BCUT2D eigenvalue weighted by Crippen LogP contribution is -2.44. The Bertz CT molecular complexity index is 474. The molecule has 108 valence electrons. The second-order valence-corrected chi connectivity index (χ2v) is 5.46. The van der Waals surface area contributed by atoms with Gasteiger partial charge >= 0.3 is 0 Å². The molecule has 0 unspecified atom stereocenters. The van der Waals surface area contributed by atoms with E-state index in [0.717, 1.165) is 0 Å². The maximum atomic E-state index is 12.3. The van der Waals surface area contributed by atoms with Gasteiger partial charge in [-0.3, -0.25) is 14.6 Å². The zero-order chi connectivity index (χ0) is 15.2. The Balaban J connectivity index is 2.74. The number of carbonyl (C=O) groups is 1. The Morgan fingerprint density at radius 1 is 1.35 bits per heavy atom. The van der Waals surface area contributed by atoms with Crippen LogP contribution in [0.4, 0.5) is 5.69 Å². The summed E-state index contributed by atoms with van der Waals surface area (Å²) < 4.78 is 0. The lowest BCUT2D eigenvalue weighted by atomic mass is 10.1. The van der Waals surface area contributed by atoms with E-state index in [-0.39, 0.29) is 19.0 Å². The highest BCUT2D eigenvalue weighted by Crippen LogP contribution is 2.13. The molecule has 1 amide bonds. The highest BCUT2D eigenvalue weighted by atomic mass is 16.3. The van der Waals surface area contributed by atoms with E-state index in [1.807, 2.05) is 24.3 Å². The summed E-state index contributed by atoms with van der Waals surface area (Å²) in [4.78, 5) is 15.5. The summed E-state index contributed by atoms with van der Waals surface area (Å²) in [5.41, 5.74) is -0.155. The van der Waals surface area contributed by atoms with Crippen molar-refractivity contribution in [3.63, 3.8) is 0 Å². The first-order valence-electron chi connectivity index (χ1n) is 6.47. The van der Waals surface area contributed by atoms with Crippen molar-refractivity contribution in [2.24, 2.45) is 0 Å². The molecular formula is C15H21N3O2. The highest BCUT2D eigenvalue weighted by Gasteiger charge is 2.21. The molecule has 20 heavy (non-hydrogen) atoms. The van der Waals surface area contributed by atoms with Crippen molar-refractivity contribution in [1.29, 1.82) is 5.26 Å². The van der Waals surface area contributed by atoms with E-state index in [1.54, 1.807) is 37.9 Å². The van der Waals surface area contributed by atoms with Gasteiger partial charge in [-0.05, 0) is 33.0 Å². The number of hydrogen-bond donors (Lipinski definition) is 1. The average molecular weight is 275 g/mol.